The van der Waals surface area contributed by atoms with Crippen LogP contribution in [-0.2, 0) is 5.41 Å². The van der Waals surface area contributed by atoms with E-state index in [4.69, 9.17) is 4.42 Å². The molecule has 0 fully saturated rings. The van der Waals surface area contributed by atoms with E-state index in [1.165, 1.54) is 64.3 Å². The molecular weight excluding hydrogens is 651 g/mol. The van der Waals surface area contributed by atoms with E-state index in [1.807, 2.05) is 23.5 Å². The molecule has 0 spiro atoms. The molecule has 0 radical (unpaired) electrons. The Morgan fingerprint density at radius 2 is 1.13 bits per heavy atom. The molecule has 2 aromatic heterocycles. The smallest absolute Gasteiger partial charge is 0.137 e. The summed E-state index contributed by atoms with van der Waals surface area (Å²) in [5.74, 6) is 0. The van der Waals surface area contributed by atoms with Crippen molar-refractivity contribution < 1.29 is 4.42 Å². The SMILES string of the molecule is CC1(C)c2ccccc2-c2cc(N(c3ccc(-c4ccc5sc6ccc7ccccc7c6c5c4)cc3)c3ccc4c(c3)oc3ccccc34)ccc21. The van der Waals surface area contributed by atoms with Crippen molar-refractivity contribution in [2.24, 2.45) is 0 Å². The van der Waals surface area contributed by atoms with E-state index < -0.39 is 0 Å². The largest absolute Gasteiger partial charge is 0.456 e. The summed E-state index contributed by atoms with van der Waals surface area (Å²) in [6, 6.07) is 60.0. The van der Waals surface area contributed by atoms with Crippen LogP contribution in [0.2, 0.25) is 0 Å². The summed E-state index contributed by atoms with van der Waals surface area (Å²) in [7, 11) is 0. The Bertz CT molecular complexity index is 3050. The molecular formula is C49H33NOS. The van der Waals surface area contributed by atoms with E-state index in [9.17, 15) is 0 Å². The first-order chi connectivity index (χ1) is 25.5. The lowest BCUT2D eigenvalue weighted by molar-refractivity contribution is 0.660. The van der Waals surface area contributed by atoms with E-state index >= 15 is 0 Å². The van der Waals surface area contributed by atoms with Gasteiger partial charge in [0, 0.05) is 59.5 Å². The van der Waals surface area contributed by atoms with Gasteiger partial charge in [0.1, 0.15) is 11.2 Å². The first kappa shape index (κ1) is 29.6. The Hall–Kier alpha value is -6.16. The van der Waals surface area contributed by atoms with Crippen LogP contribution in [0.3, 0.4) is 0 Å². The topological polar surface area (TPSA) is 16.4 Å². The number of para-hydroxylation sites is 1. The van der Waals surface area contributed by atoms with Gasteiger partial charge in [0.15, 0.2) is 0 Å². The quantitative estimate of drug-likeness (QED) is 0.184. The maximum Gasteiger partial charge on any atom is 0.137 e. The van der Waals surface area contributed by atoms with E-state index in [1.54, 1.807) is 0 Å². The molecule has 0 N–H and O–H groups in total. The molecule has 1 aliphatic carbocycles. The number of thiophene rings is 1. The van der Waals surface area contributed by atoms with Gasteiger partial charge in [-0.3, -0.25) is 0 Å². The van der Waals surface area contributed by atoms with E-state index in [0.29, 0.717) is 0 Å². The van der Waals surface area contributed by atoms with Gasteiger partial charge in [0.25, 0.3) is 0 Å². The Balaban J connectivity index is 1.06. The maximum atomic E-state index is 6.40. The zero-order chi connectivity index (χ0) is 34.6. The highest BCUT2D eigenvalue weighted by Crippen LogP contribution is 2.51. The Labute approximate surface area is 305 Å². The van der Waals surface area contributed by atoms with Crippen LogP contribution in [0.15, 0.2) is 168 Å². The van der Waals surface area contributed by atoms with Crippen LogP contribution in [0.5, 0.6) is 0 Å². The molecule has 0 atom stereocenters. The minimum absolute atomic E-state index is 0.0503. The second-order valence-corrected chi connectivity index (χ2v) is 15.6. The summed E-state index contributed by atoms with van der Waals surface area (Å²) in [6.45, 7) is 4.67. The summed E-state index contributed by atoms with van der Waals surface area (Å²) < 4.78 is 9.05. The van der Waals surface area contributed by atoms with Crippen LogP contribution in [0.25, 0.3) is 75.1 Å². The molecule has 2 nitrogen and oxygen atoms in total. The fourth-order valence-corrected chi connectivity index (χ4v) is 9.78. The fourth-order valence-electron chi connectivity index (χ4n) is 8.68. The summed E-state index contributed by atoms with van der Waals surface area (Å²) in [6.07, 6.45) is 0. The monoisotopic (exact) mass is 683 g/mol. The van der Waals surface area contributed by atoms with Crippen molar-refractivity contribution in [1.29, 1.82) is 0 Å². The van der Waals surface area contributed by atoms with Gasteiger partial charge in [-0.25, -0.2) is 0 Å². The molecule has 246 valence electrons. The summed E-state index contributed by atoms with van der Waals surface area (Å²) in [5.41, 5.74) is 12.8. The standard InChI is InChI=1S/C49H33NOS/c1-49(2)42-13-7-5-11-37(42)40-28-34(22-24-43(40)49)50(35-21-23-39-38-12-6-8-14-44(38)51-45(39)29-35)33-19-15-30(16-20-33)32-18-25-46-41(27-32)48-36-10-4-3-9-31(36)17-26-47(48)52-46/h3-29H,1-2H3. The highest BCUT2D eigenvalue weighted by atomic mass is 32.1. The minimum Gasteiger partial charge on any atom is -0.456 e. The van der Waals surface area contributed by atoms with Crippen molar-refractivity contribution in [2.45, 2.75) is 19.3 Å². The number of rotatable bonds is 4. The average molecular weight is 684 g/mol. The Kier molecular flexibility index (Phi) is 6.21. The molecule has 8 aromatic carbocycles. The first-order valence-electron chi connectivity index (χ1n) is 17.9. The van der Waals surface area contributed by atoms with E-state index in [0.717, 1.165) is 39.0 Å². The summed E-state index contributed by atoms with van der Waals surface area (Å²) in [5, 5.41) is 7.54. The third-order valence-corrected chi connectivity index (χ3v) is 12.4. The average Bonchev–Trinajstić information content (AvgIpc) is 3.82. The van der Waals surface area contributed by atoms with Gasteiger partial charge in [-0.1, -0.05) is 111 Å². The lowest BCUT2D eigenvalue weighted by Crippen LogP contribution is -2.15. The van der Waals surface area contributed by atoms with Gasteiger partial charge in [-0.2, -0.15) is 0 Å². The van der Waals surface area contributed by atoms with Gasteiger partial charge < -0.3 is 9.32 Å². The second-order valence-electron chi connectivity index (χ2n) is 14.5. The molecule has 0 saturated carbocycles. The number of hydrogen-bond acceptors (Lipinski definition) is 3. The molecule has 0 amide bonds. The third-order valence-electron chi connectivity index (χ3n) is 11.3. The highest BCUT2D eigenvalue weighted by molar-refractivity contribution is 7.26. The lowest BCUT2D eigenvalue weighted by atomic mass is 9.82. The van der Waals surface area contributed by atoms with Crippen LogP contribution in [-0.4, -0.2) is 0 Å². The number of benzene rings is 8. The van der Waals surface area contributed by atoms with Crippen molar-refractivity contribution in [2.75, 3.05) is 4.90 Å². The highest BCUT2D eigenvalue weighted by Gasteiger charge is 2.35. The van der Waals surface area contributed by atoms with Crippen LogP contribution in [0.4, 0.5) is 17.1 Å². The zero-order valence-corrected chi connectivity index (χ0v) is 29.7. The molecule has 3 heteroatoms. The van der Waals surface area contributed by atoms with Crippen molar-refractivity contribution in [3.05, 3.63) is 175 Å². The molecule has 1 aliphatic rings. The van der Waals surface area contributed by atoms with Gasteiger partial charge in [-0.15, -0.1) is 11.3 Å². The fraction of sp³-hybridized carbons (Fsp3) is 0.0612. The minimum atomic E-state index is -0.0503. The molecule has 0 bridgehead atoms. The van der Waals surface area contributed by atoms with Crippen molar-refractivity contribution in [1.82, 2.24) is 0 Å². The van der Waals surface area contributed by atoms with Gasteiger partial charge in [-0.05, 0) is 105 Å². The van der Waals surface area contributed by atoms with Crippen molar-refractivity contribution in [3.8, 4) is 22.3 Å². The predicted octanol–water partition coefficient (Wildman–Crippen LogP) is 14.6. The van der Waals surface area contributed by atoms with Gasteiger partial charge in [0.2, 0.25) is 0 Å². The first-order valence-corrected chi connectivity index (χ1v) is 18.7. The number of hydrogen-bond donors (Lipinski definition) is 0. The number of anilines is 3. The van der Waals surface area contributed by atoms with Crippen LogP contribution in [0.1, 0.15) is 25.0 Å². The summed E-state index contributed by atoms with van der Waals surface area (Å²) in [4.78, 5) is 2.37. The molecule has 11 rings (SSSR count). The van der Waals surface area contributed by atoms with E-state index in [-0.39, 0.29) is 5.41 Å². The molecule has 0 saturated heterocycles. The lowest BCUT2D eigenvalue weighted by Gasteiger charge is -2.27. The van der Waals surface area contributed by atoms with Crippen molar-refractivity contribution >= 4 is 81.3 Å². The zero-order valence-electron chi connectivity index (χ0n) is 28.9. The van der Waals surface area contributed by atoms with Crippen molar-refractivity contribution in [3.63, 3.8) is 0 Å². The molecule has 10 aromatic rings. The number of fused-ring (bicyclic) bond motifs is 11. The summed E-state index contributed by atoms with van der Waals surface area (Å²) >= 11 is 1.87. The Morgan fingerprint density at radius 1 is 0.462 bits per heavy atom. The molecule has 2 heterocycles. The van der Waals surface area contributed by atoms with Crippen LogP contribution >= 0.6 is 11.3 Å². The third kappa shape index (κ3) is 4.30. The van der Waals surface area contributed by atoms with Crippen LogP contribution in [0, 0.1) is 0 Å². The molecule has 0 unspecified atom stereocenters. The second kappa shape index (κ2) is 10.9. The Morgan fingerprint density at radius 3 is 2.04 bits per heavy atom. The predicted molar refractivity (Wildman–Crippen MR) is 222 cm³/mol. The van der Waals surface area contributed by atoms with Crippen LogP contribution < -0.4 is 4.90 Å². The van der Waals surface area contributed by atoms with Gasteiger partial charge in [0.05, 0.1) is 0 Å². The van der Waals surface area contributed by atoms with E-state index in [2.05, 4.69) is 170 Å². The molecule has 0 aliphatic heterocycles. The maximum absolute atomic E-state index is 6.40. The normalized spacial score (nSPS) is 13.3. The number of nitrogens with zero attached hydrogens (tertiary/aromatic N) is 1. The number of furan rings is 1. The van der Waals surface area contributed by atoms with Gasteiger partial charge >= 0.3 is 0 Å². The molecule has 52 heavy (non-hydrogen) atoms.